The van der Waals surface area contributed by atoms with Crippen molar-refractivity contribution in [2.24, 2.45) is 5.41 Å². The van der Waals surface area contributed by atoms with Crippen molar-refractivity contribution < 1.29 is 4.79 Å². The van der Waals surface area contributed by atoms with Crippen molar-refractivity contribution in [2.75, 3.05) is 19.6 Å². The van der Waals surface area contributed by atoms with Crippen LogP contribution in [0.1, 0.15) is 25.0 Å². The molecule has 0 bridgehead atoms. The van der Waals surface area contributed by atoms with Gasteiger partial charge in [-0.1, -0.05) is 11.6 Å². The van der Waals surface area contributed by atoms with E-state index in [0.717, 1.165) is 60.5 Å². The van der Waals surface area contributed by atoms with Crippen molar-refractivity contribution in [3.63, 3.8) is 0 Å². The number of amides is 1. The Labute approximate surface area is 146 Å². The highest BCUT2D eigenvalue weighted by molar-refractivity contribution is 6.31. The highest BCUT2D eigenvalue weighted by Gasteiger charge is 2.41. The molecule has 3 heterocycles. The highest BCUT2D eigenvalue weighted by atomic mass is 35.5. The molecular formula is C18H23ClN4O. The summed E-state index contributed by atoms with van der Waals surface area (Å²) in [4.78, 5) is 15.8. The number of carbonyl (C=O) groups excluding carboxylic acids is 1. The summed E-state index contributed by atoms with van der Waals surface area (Å²) in [5.41, 5.74) is 2.34. The number of H-pyrrole nitrogens is 1. The molecular weight excluding hydrogens is 324 g/mol. The van der Waals surface area contributed by atoms with Gasteiger partial charge >= 0.3 is 0 Å². The maximum atomic E-state index is 12.5. The summed E-state index contributed by atoms with van der Waals surface area (Å²) in [7, 11) is 0. The molecule has 24 heavy (non-hydrogen) atoms. The Morgan fingerprint density at radius 2 is 2.12 bits per heavy atom. The molecule has 0 aliphatic carbocycles. The van der Waals surface area contributed by atoms with E-state index in [2.05, 4.69) is 20.9 Å². The van der Waals surface area contributed by atoms with E-state index in [-0.39, 0.29) is 11.9 Å². The fourth-order valence-electron chi connectivity index (χ4n) is 4.00. The Morgan fingerprint density at radius 3 is 2.96 bits per heavy atom. The van der Waals surface area contributed by atoms with Crippen molar-refractivity contribution in [2.45, 2.75) is 31.8 Å². The lowest BCUT2D eigenvalue weighted by Crippen LogP contribution is -2.40. The van der Waals surface area contributed by atoms with Crippen LogP contribution in [0.3, 0.4) is 0 Å². The molecule has 128 valence electrons. The normalized spacial score (nSPS) is 23.0. The molecule has 0 saturated carbocycles. The highest BCUT2D eigenvalue weighted by Crippen LogP contribution is 2.37. The Morgan fingerprint density at radius 1 is 1.29 bits per heavy atom. The maximum absolute atomic E-state index is 12.5. The van der Waals surface area contributed by atoms with Crippen LogP contribution >= 0.6 is 11.6 Å². The van der Waals surface area contributed by atoms with Crippen molar-refractivity contribution in [3.05, 3.63) is 35.0 Å². The second kappa shape index (κ2) is 6.39. The third-order valence-electron chi connectivity index (χ3n) is 5.43. The molecule has 1 aromatic heterocycles. The van der Waals surface area contributed by atoms with E-state index in [9.17, 15) is 4.79 Å². The van der Waals surface area contributed by atoms with Crippen LogP contribution in [0.2, 0.25) is 5.02 Å². The topological polar surface area (TPSA) is 69.0 Å². The van der Waals surface area contributed by atoms with Crippen LogP contribution in [0.5, 0.6) is 0 Å². The average Bonchev–Trinajstić information content (AvgIpc) is 3.17. The number of hydrogen-bond acceptors (Lipinski definition) is 3. The van der Waals surface area contributed by atoms with E-state index in [0.29, 0.717) is 12.0 Å². The number of hydrogen-bond donors (Lipinski definition) is 4. The van der Waals surface area contributed by atoms with E-state index in [1.165, 1.54) is 0 Å². The molecule has 2 aromatic rings. The van der Waals surface area contributed by atoms with Gasteiger partial charge in [0.15, 0.2) is 0 Å². The Balaban J connectivity index is 1.36. The fourth-order valence-corrected chi connectivity index (χ4v) is 4.19. The second-order valence-corrected chi connectivity index (χ2v) is 7.57. The minimum atomic E-state index is -0.0677. The lowest BCUT2D eigenvalue weighted by Gasteiger charge is -2.33. The molecule has 4 N–H and O–H groups in total. The molecule has 0 radical (unpaired) electrons. The molecule has 6 heteroatoms. The summed E-state index contributed by atoms with van der Waals surface area (Å²) in [6.07, 6.45) is 3.27. The van der Waals surface area contributed by atoms with Gasteiger partial charge in [0.1, 0.15) is 0 Å². The third-order valence-corrected chi connectivity index (χ3v) is 5.67. The summed E-state index contributed by atoms with van der Waals surface area (Å²) in [6.45, 7) is 3.59. The lowest BCUT2D eigenvalue weighted by molar-refractivity contribution is -0.123. The minimum absolute atomic E-state index is 0.0677. The van der Waals surface area contributed by atoms with Gasteiger partial charge in [-0.2, -0.15) is 0 Å². The van der Waals surface area contributed by atoms with Crippen LogP contribution in [0.4, 0.5) is 0 Å². The van der Waals surface area contributed by atoms with Crippen LogP contribution in [-0.2, 0) is 11.3 Å². The predicted octanol–water partition coefficient (Wildman–Crippen LogP) is 2.17. The summed E-state index contributed by atoms with van der Waals surface area (Å²) >= 11 is 6.02. The molecule has 2 fully saturated rings. The number of aromatic nitrogens is 1. The zero-order valence-corrected chi connectivity index (χ0v) is 14.4. The van der Waals surface area contributed by atoms with Crippen LogP contribution < -0.4 is 16.0 Å². The van der Waals surface area contributed by atoms with E-state index in [4.69, 9.17) is 11.6 Å². The van der Waals surface area contributed by atoms with Crippen molar-refractivity contribution in [1.82, 2.24) is 20.9 Å². The standard InChI is InChI=1S/C18H23ClN4O/c19-13-1-2-15-12(7-13)8-14(23-15)10-21-17(24)16-9-18(11-22-16)3-5-20-6-4-18/h1-2,7-8,16,20,22-23H,3-6,9-11H2,(H,21,24)/t16-/m1/s1. The Kier molecular flexibility index (Phi) is 4.24. The average molecular weight is 347 g/mol. The fraction of sp³-hybridized carbons (Fsp3) is 0.500. The predicted molar refractivity (Wildman–Crippen MR) is 96.1 cm³/mol. The molecule has 1 spiro atoms. The van der Waals surface area contributed by atoms with Gasteiger partial charge in [0, 0.05) is 28.2 Å². The van der Waals surface area contributed by atoms with E-state index in [1.54, 1.807) is 0 Å². The largest absolute Gasteiger partial charge is 0.357 e. The third kappa shape index (κ3) is 3.16. The SMILES string of the molecule is O=C(NCc1cc2cc(Cl)ccc2[nH]1)[C@H]1CC2(CCNCC2)CN1. The van der Waals surface area contributed by atoms with E-state index < -0.39 is 0 Å². The lowest BCUT2D eigenvalue weighted by atomic mass is 9.77. The quantitative estimate of drug-likeness (QED) is 0.688. The van der Waals surface area contributed by atoms with Crippen LogP contribution in [0.15, 0.2) is 24.3 Å². The van der Waals surface area contributed by atoms with Crippen LogP contribution in [-0.4, -0.2) is 36.6 Å². The molecule has 0 unspecified atom stereocenters. The molecule has 1 aromatic carbocycles. The van der Waals surface area contributed by atoms with Crippen molar-refractivity contribution in [3.8, 4) is 0 Å². The monoisotopic (exact) mass is 346 g/mol. The van der Waals surface area contributed by atoms with Crippen LogP contribution in [0.25, 0.3) is 10.9 Å². The first-order valence-electron chi connectivity index (χ1n) is 8.63. The first kappa shape index (κ1) is 15.9. The van der Waals surface area contributed by atoms with Gasteiger partial charge in [-0.05, 0) is 62.0 Å². The van der Waals surface area contributed by atoms with Crippen LogP contribution in [0, 0.1) is 5.41 Å². The van der Waals surface area contributed by atoms with Crippen molar-refractivity contribution in [1.29, 1.82) is 0 Å². The van der Waals surface area contributed by atoms with Gasteiger partial charge in [0.25, 0.3) is 0 Å². The smallest absolute Gasteiger partial charge is 0.237 e. The number of halogens is 1. The summed E-state index contributed by atoms with van der Waals surface area (Å²) < 4.78 is 0. The number of piperidine rings is 1. The Bertz CT molecular complexity index is 751. The number of rotatable bonds is 3. The van der Waals surface area contributed by atoms with Gasteiger partial charge in [0.2, 0.25) is 5.91 Å². The summed E-state index contributed by atoms with van der Waals surface area (Å²) in [5.74, 6) is 0.0992. The van der Waals surface area contributed by atoms with Gasteiger partial charge in [-0.15, -0.1) is 0 Å². The summed E-state index contributed by atoms with van der Waals surface area (Å²) in [5, 5.41) is 11.7. The minimum Gasteiger partial charge on any atom is -0.357 e. The number of fused-ring (bicyclic) bond motifs is 1. The molecule has 1 atom stereocenters. The first-order valence-corrected chi connectivity index (χ1v) is 9.00. The van der Waals surface area contributed by atoms with Gasteiger partial charge in [-0.25, -0.2) is 0 Å². The molecule has 2 aliphatic rings. The van der Waals surface area contributed by atoms with Gasteiger partial charge in [0.05, 0.1) is 12.6 Å². The summed E-state index contributed by atoms with van der Waals surface area (Å²) in [6, 6.07) is 7.73. The Hall–Kier alpha value is -1.56. The molecule has 4 rings (SSSR count). The first-order chi connectivity index (χ1) is 11.6. The number of carbonyl (C=O) groups is 1. The molecule has 5 nitrogen and oxygen atoms in total. The zero-order chi connectivity index (χ0) is 16.6. The zero-order valence-electron chi connectivity index (χ0n) is 13.6. The number of benzene rings is 1. The van der Waals surface area contributed by atoms with Gasteiger partial charge in [-0.3, -0.25) is 4.79 Å². The molecule has 2 saturated heterocycles. The van der Waals surface area contributed by atoms with E-state index >= 15 is 0 Å². The van der Waals surface area contributed by atoms with Crippen molar-refractivity contribution >= 4 is 28.4 Å². The molecule has 1 amide bonds. The van der Waals surface area contributed by atoms with E-state index in [1.807, 2.05) is 24.3 Å². The molecule has 2 aliphatic heterocycles. The van der Waals surface area contributed by atoms with Gasteiger partial charge < -0.3 is 20.9 Å². The maximum Gasteiger partial charge on any atom is 0.237 e. The number of aromatic amines is 1. The second-order valence-electron chi connectivity index (χ2n) is 7.13. The number of nitrogens with one attached hydrogen (secondary N) is 4.